The van der Waals surface area contributed by atoms with E-state index in [0.717, 1.165) is 41.1 Å². The zero-order chi connectivity index (χ0) is 30.1. The van der Waals surface area contributed by atoms with Crippen molar-refractivity contribution in [2.75, 3.05) is 18.0 Å². The van der Waals surface area contributed by atoms with Crippen LogP contribution in [0.1, 0.15) is 56.6 Å². The lowest BCUT2D eigenvalue weighted by Crippen LogP contribution is -2.54. The second kappa shape index (κ2) is 14.4. The predicted octanol–water partition coefficient (Wildman–Crippen LogP) is 5.46. The zero-order valence-electron chi connectivity index (χ0n) is 24.7. The summed E-state index contributed by atoms with van der Waals surface area (Å²) >= 11 is 0. The highest BCUT2D eigenvalue weighted by Crippen LogP contribution is 2.27. The molecule has 0 saturated heterocycles. The van der Waals surface area contributed by atoms with Crippen LogP contribution in [0.3, 0.4) is 0 Å². The number of rotatable bonds is 12. The number of carbonyl (C=O) groups is 2. The summed E-state index contributed by atoms with van der Waals surface area (Å²) in [4.78, 5) is 29.5. The van der Waals surface area contributed by atoms with Crippen LogP contribution in [0.4, 0.5) is 5.69 Å². The number of nitrogens with one attached hydrogen (secondary N) is 1. The third-order valence-corrected chi connectivity index (χ3v) is 9.53. The maximum absolute atomic E-state index is 14.2. The van der Waals surface area contributed by atoms with Gasteiger partial charge in [-0.05, 0) is 68.1 Å². The van der Waals surface area contributed by atoms with E-state index >= 15 is 0 Å². The van der Waals surface area contributed by atoms with Gasteiger partial charge in [0.2, 0.25) is 11.8 Å². The molecule has 0 bridgehead atoms. The minimum atomic E-state index is -4.11. The smallest absolute Gasteiger partial charge is 0.264 e. The van der Waals surface area contributed by atoms with E-state index in [1.807, 2.05) is 38.1 Å². The quantitative estimate of drug-likeness (QED) is 0.302. The average Bonchev–Trinajstić information content (AvgIpc) is 3.00. The number of anilines is 1. The molecule has 1 saturated carbocycles. The van der Waals surface area contributed by atoms with E-state index < -0.39 is 28.5 Å². The van der Waals surface area contributed by atoms with Crippen LogP contribution in [0.25, 0.3) is 0 Å². The molecule has 0 aliphatic heterocycles. The number of hydrogen-bond donors (Lipinski definition) is 1. The first-order valence-electron chi connectivity index (χ1n) is 14.6. The molecular weight excluding hydrogens is 550 g/mol. The minimum absolute atomic E-state index is 0.0703. The van der Waals surface area contributed by atoms with Gasteiger partial charge < -0.3 is 15.0 Å². The number of sulfonamides is 1. The van der Waals surface area contributed by atoms with Crippen molar-refractivity contribution in [3.05, 3.63) is 90.0 Å². The Morgan fingerprint density at radius 2 is 1.64 bits per heavy atom. The van der Waals surface area contributed by atoms with Gasteiger partial charge >= 0.3 is 0 Å². The Hall–Kier alpha value is -3.85. The molecule has 1 atom stereocenters. The van der Waals surface area contributed by atoms with E-state index in [1.165, 1.54) is 30.6 Å². The van der Waals surface area contributed by atoms with Crippen LogP contribution in [0.5, 0.6) is 5.75 Å². The number of methoxy groups -OCH3 is 1. The van der Waals surface area contributed by atoms with E-state index in [9.17, 15) is 18.0 Å². The van der Waals surface area contributed by atoms with E-state index in [0.29, 0.717) is 17.9 Å². The highest BCUT2D eigenvalue weighted by Gasteiger charge is 2.34. The first-order valence-corrected chi connectivity index (χ1v) is 16.0. The van der Waals surface area contributed by atoms with Gasteiger partial charge in [0.05, 0.1) is 17.7 Å². The van der Waals surface area contributed by atoms with E-state index in [2.05, 4.69) is 5.32 Å². The minimum Gasteiger partial charge on any atom is -0.497 e. The summed E-state index contributed by atoms with van der Waals surface area (Å²) in [7, 11) is -2.58. The molecule has 1 aliphatic rings. The van der Waals surface area contributed by atoms with Crippen LogP contribution >= 0.6 is 0 Å². The molecule has 0 radical (unpaired) electrons. The summed E-state index contributed by atoms with van der Waals surface area (Å²) in [5.74, 6) is -0.0987. The highest BCUT2D eigenvalue weighted by molar-refractivity contribution is 7.92. The van der Waals surface area contributed by atoms with Gasteiger partial charge in [0, 0.05) is 12.6 Å². The second-order valence-electron chi connectivity index (χ2n) is 10.8. The van der Waals surface area contributed by atoms with Crippen molar-refractivity contribution in [1.82, 2.24) is 10.2 Å². The van der Waals surface area contributed by atoms with Gasteiger partial charge in [-0.3, -0.25) is 13.9 Å². The van der Waals surface area contributed by atoms with Crippen LogP contribution in [0.2, 0.25) is 0 Å². The first-order chi connectivity index (χ1) is 20.2. The van der Waals surface area contributed by atoms with Gasteiger partial charge in [-0.1, -0.05) is 74.2 Å². The second-order valence-corrected chi connectivity index (χ2v) is 12.7. The number of benzene rings is 3. The van der Waals surface area contributed by atoms with Crippen LogP contribution in [-0.4, -0.2) is 50.9 Å². The molecule has 4 rings (SSSR count). The molecule has 3 aromatic carbocycles. The summed E-state index contributed by atoms with van der Waals surface area (Å²) in [6.45, 7) is 3.56. The Morgan fingerprint density at radius 3 is 2.26 bits per heavy atom. The molecule has 42 heavy (non-hydrogen) atoms. The van der Waals surface area contributed by atoms with E-state index in [1.54, 1.807) is 42.5 Å². The van der Waals surface area contributed by atoms with Crippen molar-refractivity contribution in [1.29, 1.82) is 0 Å². The van der Waals surface area contributed by atoms with Gasteiger partial charge in [0.1, 0.15) is 18.3 Å². The van der Waals surface area contributed by atoms with Crippen molar-refractivity contribution in [2.24, 2.45) is 0 Å². The fourth-order valence-corrected chi connectivity index (χ4v) is 6.90. The summed E-state index contributed by atoms with van der Waals surface area (Å²) < 4.78 is 34.2. The Bertz CT molecular complexity index is 1440. The third-order valence-electron chi connectivity index (χ3n) is 7.74. The van der Waals surface area contributed by atoms with Crippen molar-refractivity contribution >= 4 is 27.5 Å². The lowest BCUT2D eigenvalue weighted by atomic mass is 9.95. The number of amides is 2. The monoisotopic (exact) mass is 591 g/mol. The van der Waals surface area contributed by atoms with Gasteiger partial charge in [0.15, 0.2) is 0 Å². The van der Waals surface area contributed by atoms with Crippen molar-refractivity contribution in [2.45, 2.75) is 75.9 Å². The van der Waals surface area contributed by atoms with Crippen molar-refractivity contribution in [3.63, 3.8) is 0 Å². The number of ether oxygens (including phenoxy) is 1. The largest absolute Gasteiger partial charge is 0.497 e. The molecule has 0 spiro atoms. The highest BCUT2D eigenvalue weighted by atomic mass is 32.2. The number of carbonyl (C=O) groups excluding carboxylic acids is 2. The fraction of sp³-hybridized carbons (Fsp3) is 0.394. The molecule has 0 heterocycles. The molecular formula is C33H41N3O5S. The summed E-state index contributed by atoms with van der Waals surface area (Å²) in [6.07, 6.45) is 5.55. The maximum Gasteiger partial charge on any atom is 0.264 e. The van der Waals surface area contributed by atoms with Crippen LogP contribution in [-0.2, 0) is 26.2 Å². The van der Waals surface area contributed by atoms with Gasteiger partial charge in [0.25, 0.3) is 10.0 Å². The Balaban J connectivity index is 1.70. The Morgan fingerprint density at radius 1 is 0.952 bits per heavy atom. The SMILES string of the molecule is CC[C@H](C(=O)NC1CCCCC1)N(Cc1cccc(C)c1)C(=O)CN(c1ccc(OC)cc1)S(=O)(=O)c1ccccc1. The van der Waals surface area contributed by atoms with Gasteiger partial charge in [-0.2, -0.15) is 0 Å². The summed E-state index contributed by atoms with van der Waals surface area (Å²) in [6, 6.07) is 21.7. The summed E-state index contributed by atoms with van der Waals surface area (Å²) in [5, 5.41) is 3.18. The van der Waals surface area contributed by atoms with Gasteiger partial charge in [-0.15, -0.1) is 0 Å². The standard InChI is InChI=1S/C33H41N3O5S/c1-4-31(33(38)34-27-14-7-5-8-15-27)35(23-26-13-11-12-25(2)22-26)32(37)24-36(28-18-20-29(41-3)21-19-28)42(39,40)30-16-9-6-10-17-30/h6,9-13,16-22,27,31H,4-5,7-8,14-15,23-24H2,1-3H3,(H,34,38)/t31-/m1/s1. The molecule has 1 aliphatic carbocycles. The predicted molar refractivity (Wildman–Crippen MR) is 165 cm³/mol. The molecule has 1 N–H and O–H groups in total. The van der Waals surface area contributed by atoms with Gasteiger partial charge in [-0.25, -0.2) is 8.42 Å². The molecule has 0 aromatic heterocycles. The normalized spacial score (nSPS) is 14.5. The maximum atomic E-state index is 14.2. The lowest BCUT2D eigenvalue weighted by Gasteiger charge is -2.34. The molecule has 8 nitrogen and oxygen atoms in total. The Labute approximate surface area is 249 Å². The van der Waals surface area contributed by atoms with Crippen molar-refractivity contribution < 1.29 is 22.7 Å². The lowest BCUT2D eigenvalue weighted by molar-refractivity contribution is -0.140. The average molecular weight is 592 g/mol. The molecule has 3 aromatic rings. The molecule has 9 heteroatoms. The summed E-state index contributed by atoms with van der Waals surface area (Å²) in [5.41, 5.74) is 2.23. The molecule has 0 unspecified atom stereocenters. The number of aryl methyl sites for hydroxylation is 1. The first kappa shape index (κ1) is 31.1. The topological polar surface area (TPSA) is 96.0 Å². The third kappa shape index (κ3) is 7.70. The van der Waals surface area contributed by atoms with Crippen LogP contribution < -0.4 is 14.4 Å². The zero-order valence-corrected chi connectivity index (χ0v) is 25.5. The van der Waals surface area contributed by atoms with Crippen LogP contribution in [0, 0.1) is 6.92 Å². The van der Waals surface area contributed by atoms with E-state index in [4.69, 9.17) is 4.74 Å². The van der Waals surface area contributed by atoms with Crippen LogP contribution in [0.15, 0.2) is 83.8 Å². The Kier molecular flexibility index (Phi) is 10.6. The molecule has 2 amide bonds. The molecule has 224 valence electrons. The molecule has 1 fully saturated rings. The van der Waals surface area contributed by atoms with Crippen molar-refractivity contribution in [3.8, 4) is 5.75 Å². The number of nitrogens with zero attached hydrogens (tertiary/aromatic N) is 2. The fourth-order valence-electron chi connectivity index (χ4n) is 5.47. The number of hydrogen-bond acceptors (Lipinski definition) is 5. The van der Waals surface area contributed by atoms with E-state index in [-0.39, 0.29) is 23.4 Å².